The second-order valence-corrected chi connectivity index (χ2v) is 9.07. The van der Waals surface area contributed by atoms with E-state index in [2.05, 4.69) is 0 Å². The Hall–Kier alpha value is -6.16. The minimum absolute atomic E-state index is 0.0114. The maximum Gasteiger partial charge on any atom is 0.343 e. The number of carbonyl (C=O) groups is 2. The Morgan fingerprint density at radius 3 is 0.952 bits per heavy atom. The normalized spacial score (nSPS) is 10.7. The fraction of sp³-hybridized carbons (Fsp3) is 0. The molecular weight excluding hydrogens is 544 g/mol. The monoisotopic (exact) mass is 566 g/mol. The van der Waals surface area contributed by atoms with Crippen LogP contribution in [0.2, 0.25) is 0 Å². The third-order valence-electron chi connectivity index (χ3n) is 6.27. The first-order valence-corrected chi connectivity index (χ1v) is 12.4. The number of phenols is 6. The third-order valence-corrected chi connectivity index (χ3v) is 6.27. The minimum Gasteiger partial charge on any atom is -0.508 e. The number of esters is 2. The molecule has 0 spiro atoms. The molecule has 5 aromatic rings. The number of hydrogen-bond acceptors (Lipinski definition) is 10. The van der Waals surface area contributed by atoms with E-state index in [1.807, 2.05) is 0 Å². The molecule has 0 fully saturated rings. The van der Waals surface area contributed by atoms with Crippen molar-refractivity contribution >= 4 is 11.9 Å². The molecule has 10 heteroatoms. The summed E-state index contributed by atoms with van der Waals surface area (Å²) in [5.74, 6) is -4.67. The Morgan fingerprint density at radius 2 is 0.667 bits per heavy atom. The van der Waals surface area contributed by atoms with Gasteiger partial charge in [-0.05, 0) is 83.9 Å². The summed E-state index contributed by atoms with van der Waals surface area (Å²) in [5, 5.41) is 62.0. The molecule has 0 amide bonds. The molecule has 0 radical (unpaired) electrons. The van der Waals surface area contributed by atoms with E-state index < -0.39 is 34.9 Å². The largest absolute Gasteiger partial charge is 0.508 e. The van der Waals surface area contributed by atoms with Crippen LogP contribution in [0, 0.1) is 0 Å². The first kappa shape index (κ1) is 27.4. The summed E-state index contributed by atoms with van der Waals surface area (Å²) < 4.78 is 11.2. The van der Waals surface area contributed by atoms with Crippen LogP contribution in [0.3, 0.4) is 0 Å². The summed E-state index contributed by atoms with van der Waals surface area (Å²) in [6, 6.07) is 21.0. The molecule has 0 aliphatic carbocycles. The second kappa shape index (κ2) is 11.1. The number of ether oxygens (including phenoxy) is 2. The smallest absolute Gasteiger partial charge is 0.343 e. The van der Waals surface area contributed by atoms with Gasteiger partial charge in [0, 0.05) is 0 Å². The van der Waals surface area contributed by atoms with Crippen LogP contribution in [-0.2, 0) is 0 Å². The summed E-state index contributed by atoms with van der Waals surface area (Å²) in [6.07, 6.45) is 0. The van der Waals surface area contributed by atoms with E-state index in [0.29, 0.717) is 0 Å². The van der Waals surface area contributed by atoms with Crippen LogP contribution in [0.25, 0.3) is 22.3 Å². The van der Waals surface area contributed by atoms with Crippen molar-refractivity contribution in [2.45, 2.75) is 0 Å². The summed E-state index contributed by atoms with van der Waals surface area (Å²) in [6.45, 7) is 0. The standard InChI is InChI=1S/C32H22O10/c33-21-9-1-17(2-10-21)25-27(37)30(42-32(40)20-7-15-24(36)16-8-20)26(18-3-11-22(34)12-4-18)28(38)29(25)41-31(39)19-5-13-23(35)14-6-19/h1-16,33-38H. The lowest BCUT2D eigenvalue weighted by Gasteiger charge is -2.21. The van der Waals surface area contributed by atoms with E-state index in [1.54, 1.807) is 0 Å². The van der Waals surface area contributed by atoms with Crippen molar-refractivity contribution in [2.75, 3.05) is 0 Å². The molecule has 5 aromatic carbocycles. The molecule has 42 heavy (non-hydrogen) atoms. The summed E-state index contributed by atoms with van der Waals surface area (Å²) in [7, 11) is 0. The lowest BCUT2D eigenvalue weighted by molar-refractivity contribution is 0.0713. The Bertz CT molecular complexity index is 1640. The molecule has 0 aromatic heterocycles. The van der Waals surface area contributed by atoms with Crippen molar-refractivity contribution in [1.29, 1.82) is 0 Å². The van der Waals surface area contributed by atoms with Gasteiger partial charge in [-0.15, -0.1) is 0 Å². The zero-order valence-corrected chi connectivity index (χ0v) is 21.6. The maximum atomic E-state index is 13.1. The van der Waals surface area contributed by atoms with Gasteiger partial charge in [0.15, 0.2) is 23.0 Å². The van der Waals surface area contributed by atoms with Gasteiger partial charge in [-0.1, -0.05) is 24.3 Å². The van der Waals surface area contributed by atoms with Crippen molar-refractivity contribution in [2.24, 2.45) is 0 Å². The van der Waals surface area contributed by atoms with Crippen molar-refractivity contribution in [1.82, 2.24) is 0 Å². The SMILES string of the molecule is O=C(Oc1c(O)c(-c2ccc(O)cc2)c(OC(=O)c2ccc(O)cc2)c(O)c1-c1ccc(O)cc1)c1ccc(O)cc1. The fourth-order valence-electron chi connectivity index (χ4n) is 4.17. The lowest BCUT2D eigenvalue weighted by Crippen LogP contribution is -2.12. The van der Waals surface area contributed by atoms with E-state index in [4.69, 9.17) is 9.47 Å². The number of carbonyl (C=O) groups excluding carboxylic acids is 2. The molecule has 6 N–H and O–H groups in total. The molecule has 0 aliphatic heterocycles. The van der Waals surface area contributed by atoms with Gasteiger partial charge in [-0.3, -0.25) is 0 Å². The van der Waals surface area contributed by atoms with Crippen molar-refractivity contribution in [3.63, 3.8) is 0 Å². The highest BCUT2D eigenvalue weighted by Crippen LogP contribution is 2.56. The van der Waals surface area contributed by atoms with Gasteiger partial charge >= 0.3 is 11.9 Å². The predicted molar refractivity (Wildman–Crippen MR) is 150 cm³/mol. The zero-order valence-electron chi connectivity index (χ0n) is 21.6. The molecular formula is C32H22O10. The van der Waals surface area contributed by atoms with Crippen LogP contribution in [0.15, 0.2) is 97.1 Å². The Morgan fingerprint density at radius 1 is 0.405 bits per heavy atom. The van der Waals surface area contributed by atoms with Gasteiger partial charge in [-0.25, -0.2) is 9.59 Å². The van der Waals surface area contributed by atoms with E-state index in [9.17, 15) is 40.2 Å². The highest BCUT2D eigenvalue weighted by atomic mass is 16.6. The Kier molecular flexibility index (Phi) is 7.27. The van der Waals surface area contributed by atoms with Gasteiger partial charge in [0.1, 0.15) is 23.0 Å². The summed E-state index contributed by atoms with van der Waals surface area (Å²) in [4.78, 5) is 26.2. The van der Waals surface area contributed by atoms with Gasteiger partial charge in [0.25, 0.3) is 0 Å². The van der Waals surface area contributed by atoms with Gasteiger partial charge in [0.2, 0.25) is 0 Å². The molecule has 0 bridgehead atoms. The average molecular weight is 567 g/mol. The topological polar surface area (TPSA) is 174 Å². The molecule has 0 heterocycles. The molecule has 10 nitrogen and oxygen atoms in total. The van der Waals surface area contributed by atoms with Crippen LogP contribution >= 0.6 is 0 Å². The van der Waals surface area contributed by atoms with Crippen molar-refractivity contribution in [3.05, 3.63) is 108 Å². The van der Waals surface area contributed by atoms with Crippen LogP contribution in [0.4, 0.5) is 0 Å². The van der Waals surface area contributed by atoms with E-state index in [1.165, 1.54) is 97.1 Å². The second-order valence-electron chi connectivity index (χ2n) is 9.07. The zero-order chi connectivity index (χ0) is 30.0. The van der Waals surface area contributed by atoms with Gasteiger partial charge in [0.05, 0.1) is 22.3 Å². The first-order valence-electron chi connectivity index (χ1n) is 12.4. The number of hydrogen-bond donors (Lipinski definition) is 6. The minimum atomic E-state index is -0.949. The van der Waals surface area contributed by atoms with Crippen LogP contribution < -0.4 is 9.47 Å². The molecule has 5 rings (SSSR count). The summed E-state index contributed by atoms with van der Waals surface area (Å²) >= 11 is 0. The van der Waals surface area contributed by atoms with Crippen molar-refractivity contribution in [3.8, 4) is 68.2 Å². The molecule has 210 valence electrons. The van der Waals surface area contributed by atoms with Crippen molar-refractivity contribution < 1.29 is 49.7 Å². The van der Waals surface area contributed by atoms with E-state index >= 15 is 0 Å². The average Bonchev–Trinajstić information content (AvgIpc) is 2.98. The van der Waals surface area contributed by atoms with Gasteiger partial charge in [-0.2, -0.15) is 0 Å². The molecule has 0 saturated carbocycles. The predicted octanol–water partition coefficient (Wildman–Crippen LogP) is 5.69. The maximum absolute atomic E-state index is 13.1. The Labute approximate surface area is 238 Å². The third kappa shape index (κ3) is 5.45. The highest BCUT2D eigenvalue weighted by Gasteiger charge is 2.31. The van der Waals surface area contributed by atoms with Gasteiger partial charge < -0.3 is 40.1 Å². The van der Waals surface area contributed by atoms with E-state index in [-0.39, 0.29) is 56.4 Å². The molecule has 0 saturated heterocycles. The Balaban J connectivity index is 1.75. The fourth-order valence-corrected chi connectivity index (χ4v) is 4.17. The lowest BCUT2D eigenvalue weighted by atomic mass is 9.95. The van der Waals surface area contributed by atoms with Crippen LogP contribution in [0.5, 0.6) is 46.0 Å². The first-order chi connectivity index (χ1) is 20.1. The number of phenolic OH excluding ortho intramolecular Hbond substituents is 6. The quantitative estimate of drug-likeness (QED) is 0.0851. The van der Waals surface area contributed by atoms with Crippen LogP contribution in [0.1, 0.15) is 20.7 Å². The van der Waals surface area contributed by atoms with E-state index in [0.717, 1.165) is 0 Å². The highest BCUT2D eigenvalue weighted by molar-refractivity contribution is 6.00. The number of aromatic hydroxyl groups is 6. The molecule has 0 aliphatic rings. The number of benzene rings is 5. The number of rotatable bonds is 6. The van der Waals surface area contributed by atoms with Crippen LogP contribution in [-0.4, -0.2) is 42.6 Å². The summed E-state index contributed by atoms with van der Waals surface area (Å²) in [5.41, 5.74) is -0.109. The molecule has 0 atom stereocenters. The molecule has 0 unspecified atom stereocenters.